The predicted molar refractivity (Wildman–Crippen MR) is 88.5 cm³/mol. The van der Waals surface area contributed by atoms with Gasteiger partial charge in [0.2, 0.25) is 5.95 Å². The van der Waals surface area contributed by atoms with Gasteiger partial charge in [-0.15, -0.1) is 0 Å². The molecular weight excluding hydrogens is 330 g/mol. The van der Waals surface area contributed by atoms with Crippen LogP contribution in [0.2, 0.25) is 0 Å². The Balaban J connectivity index is 1.85. The molecule has 0 atom stereocenters. The van der Waals surface area contributed by atoms with Crippen LogP contribution in [0.25, 0.3) is 10.9 Å². The molecule has 1 heterocycles. The number of rotatable bonds is 3. The zero-order valence-corrected chi connectivity index (χ0v) is 13.7. The molecule has 0 bridgehead atoms. The summed E-state index contributed by atoms with van der Waals surface area (Å²) in [4.78, 5) is 9.13. The first-order valence-electron chi connectivity index (χ1n) is 7.55. The van der Waals surface area contributed by atoms with E-state index < -0.39 is 0 Å². The Kier molecular flexibility index (Phi) is 4.40. The fourth-order valence-corrected chi connectivity index (χ4v) is 3.44. The molecule has 4 nitrogen and oxygen atoms in total. The Morgan fingerprint density at radius 1 is 1.29 bits per heavy atom. The molecule has 1 fully saturated rings. The van der Waals surface area contributed by atoms with Crippen LogP contribution in [0.1, 0.15) is 38.2 Å². The summed E-state index contributed by atoms with van der Waals surface area (Å²) in [5.41, 5.74) is 2.25. The summed E-state index contributed by atoms with van der Waals surface area (Å²) < 4.78 is 1.07. The molecule has 0 radical (unpaired) electrons. The number of aliphatic hydroxyl groups excluding tert-OH is 1. The number of halogens is 1. The molecule has 2 N–H and O–H groups in total. The van der Waals surface area contributed by atoms with Crippen LogP contribution in [0.3, 0.4) is 0 Å². The molecule has 0 unspecified atom stereocenters. The van der Waals surface area contributed by atoms with Crippen LogP contribution in [0.15, 0.2) is 22.8 Å². The number of aromatic nitrogens is 2. The molecule has 0 aliphatic heterocycles. The van der Waals surface area contributed by atoms with E-state index in [1.54, 1.807) is 0 Å². The summed E-state index contributed by atoms with van der Waals surface area (Å²) in [7, 11) is 0. The van der Waals surface area contributed by atoms with E-state index in [0.717, 1.165) is 47.5 Å². The van der Waals surface area contributed by atoms with E-state index in [-0.39, 0.29) is 6.10 Å². The highest BCUT2D eigenvalue weighted by Gasteiger charge is 2.20. The second-order valence-corrected chi connectivity index (χ2v) is 6.62. The largest absolute Gasteiger partial charge is 0.393 e. The van der Waals surface area contributed by atoms with Gasteiger partial charge in [-0.05, 0) is 49.8 Å². The second kappa shape index (κ2) is 6.28. The lowest BCUT2D eigenvalue weighted by atomic mass is 9.93. The Morgan fingerprint density at radius 3 is 2.76 bits per heavy atom. The lowest BCUT2D eigenvalue weighted by molar-refractivity contribution is 0.126. The van der Waals surface area contributed by atoms with Crippen molar-refractivity contribution in [2.24, 2.45) is 0 Å². The minimum absolute atomic E-state index is 0.135. The van der Waals surface area contributed by atoms with Crippen LogP contribution >= 0.6 is 15.9 Å². The average molecular weight is 350 g/mol. The standard InChI is InChI=1S/C16H20BrN3O/c1-2-10-7-12(17)8-11-9-18-16(20-15(10)11)19-13-3-5-14(21)6-4-13/h7-9,13-14,21H,2-6H2,1H3,(H,18,19,20)/t13-,14-. The first-order valence-corrected chi connectivity index (χ1v) is 8.34. The summed E-state index contributed by atoms with van der Waals surface area (Å²) >= 11 is 3.53. The third-order valence-electron chi connectivity index (χ3n) is 4.14. The van der Waals surface area contributed by atoms with E-state index >= 15 is 0 Å². The fourth-order valence-electron chi connectivity index (χ4n) is 2.92. The van der Waals surface area contributed by atoms with Gasteiger partial charge in [0.1, 0.15) is 0 Å². The minimum atomic E-state index is -0.135. The SMILES string of the molecule is CCc1cc(Br)cc2cnc(N[C@H]3CC[C@H](O)CC3)nc12. The third kappa shape index (κ3) is 3.35. The van der Waals surface area contributed by atoms with Crippen molar-refractivity contribution in [2.75, 3.05) is 5.32 Å². The molecule has 2 aromatic rings. The highest BCUT2D eigenvalue weighted by Crippen LogP contribution is 2.25. The Labute approximate surface area is 133 Å². The van der Waals surface area contributed by atoms with Crippen molar-refractivity contribution in [1.29, 1.82) is 0 Å². The number of anilines is 1. The first-order chi connectivity index (χ1) is 10.2. The van der Waals surface area contributed by atoms with Gasteiger partial charge in [0.05, 0.1) is 11.6 Å². The summed E-state index contributed by atoms with van der Waals surface area (Å²) in [6.45, 7) is 2.14. The first kappa shape index (κ1) is 14.7. The van der Waals surface area contributed by atoms with Crippen LogP contribution < -0.4 is 5.32 Å². The zero-order chi connectivity index (χ0) is 14.8. The second-order valence-electron chi connectivity index (χ2n) is 5.70. The van der Waals surface area contributed by atoms with Crippen LogP contribution in [-0.2, 0) is 6.42 Å². The average Bonchev–Trinajstić information content (AvgIpc) is 2.49. The summed E-state index contributed by atoms with van der Waals surface area (Å²) in [5.74, 6) is 0.695. The van der Waals surface area contributed by atoms with Crippen molar-refractivity contribution < 1.29 is 5.11 Å². The smallest absolute Gasteiger partial charge is 0.223 e. The normalized spacial score (nSPS) is 22.4. The minimum Gasteiger partial charge on any atom is -0.393 e. The van der Waals surface area contributed by atoms with Gasteiger partial charge in [-0.2, -0.15) is 0 Å². The number of aryl methyl sites for hydroxylation is 1. The fraction of sp³-hybridized carbons (Fsp3) is 0.500. The van der Waals surface area contributed by atoms with E-state index in [9.17, 15) is 5.11 Å². The van der Waals surface area contributed by atoms with E-state index in [4.69, 9.17) is 4.98 Å². The quantitative estimate of drug-likeness (QED) is 0.887. The molecule has 1 saturated carbocycles. The number of aliphatic hydroxyl groups is 1. The summed E-state index contributed by atoms with van der Waals surface area (Å²) in [5, 5.41) is 14.0. The van der Waals surface area contributed by atoms with Gasteiger partial charge in [-0.1, -0.05) is 22.9 Å². The molecule has 0 amide bonds. The monoisotopic (exact) mass is 349 g/mol. The van der Waals surface area contributed by atoms with Gasteiger partial charge in [0, 0.05) is 22.1 Å². The molecule has 1 aromatic carbocycles. The van der Waals surface area contributed by atoms with Crippen molar-refractivity contribution in [3.63, 3.8) is 0 Å². The van der Waals surface area contributed by atoms with Crippen molar-refractivity contribution in [3.05, 3.63) is 28.4 Å². The molecule has 3 rings (SSSR count). The Morgan fingerprint density at radius 2 is 2.05 bits per heavy atom. The molecule has 21 heavy (non-hydrogen) atoms. The molecule has 0 saturated heterocycles. The lowest BCUT2D eigenvalue weighted by Crippen LogP contribution is -2.28. The van der Waals surface area contributed by atoms with Crippen LogP contribution in [0, 0.1) is 0 Å². The van der Waals surface area contributed by atoms with E-state index in [0.29, 0.717) is 12.0 Å². The maximum atomic E-state index is 9.57. The maximum Gasteiger partial charge on any atom is 0.223 e. The van der Waals surface area contributed by atoms with Crippen molar-refractivity contribution in [2.45, 2.75) is 51.2 Å². The topological polar surface area (TPSA) is 58.0 Å². The van der Waals surface area contributed by atoms with Gasteiger partial charge >= 0.3 is 0 Å². The number of nitrogens with zero attached hydrogens (tertiary/aromatic N) is 2. The molecule has 1 aliphatic carbocycles. The van der Waals surface area contributed by atoms with Gasteiger partial charge < -0.3 is 10.4 Å². The lowest BCUT2D eigenvalue weighted by Gasteiger charge is -2.26. The number of fused-ring (bicyclic) bond motifs is 1. The van der Waals surface area contributed by atoms with E-state index in [1.165, 1.54) is 5.56 Å². The van der Waals surface area contributed by atoms with E-state index in [2.05, 4.69) is 45.3 Å². The van der Waals surface area contributed by atoms with Gasteiger partial charge in [-0.3, -0.25) is 0 Å². The molecule has 5 heteroatoms. The zero-order valence-electron chi connectivity index (χ0n) is 12.1. The summed E-state index contributed by atoms with van der Waals surface area (Å²) in [6.07, 6.45) is 6.36. The number of hydrogen-bond donors (Lipinski definition) is 2. The number of nitrogens with one attached hydrogen (secondary N) is 1. The van der Waals surface area contributed by atoms with Gasteiger partial charge in [0.15, 0.2) is 0 Å². The van der Waals surface area contributed by atoms with Crippen molar-refractivity contribution in [3.8, 4) is 0 Å². The number of benzene rings is 1. The van der Waals surface area contributed by atoms with Crippen LogP contribution in [0.4, 0.5) is 5.95 Å². The highest BCUT2D eigenvalue weighted by atomic mass is 79.9. The van der Waals surface area contributed by atoms with Crippen molar-refractivity contribution >= 4 is 32.8 Å². The molecular formula is C16H20BrN3O. The van der Waals surface area contributed by atoms with Crippen molar-refractivity contribution in [1.82, 2.24) is 9.97 Å². The number of hydrogen-bond acceptors (Lipinski definition) is 4. The molecule has 1 aromatic heterocycles. The Bertz CT molecular complexity index is 639. The highest BCUT2D eigenvalue weighted by molar-refractivity contribution is 9.10. The predicted octanol–water partition coefficient (Wildman–Crippen LogP) is 3.67. The van der Waals surface area contributed by atoms with Gasteiger partial charge in [-0.25, -0.2) is 9.97 Å². The summed E-state index contributed by atoms with van der Waals surface area (Å²) in [6, 6.07) is 4.54. The third-order valence-corrected chi connectivity index (χ3v) is 4.60. The van der Waals surface area contributed by atoms with Gasteiger partial charge in [0.25, 0.3) is 0 Å². The van der Waals surface area contributed by atoms with E-state index in [1.807, 2.05) is 6.20 Å². The van der Waals surface area contributed by atoms with Crippen LogP contribution in [-0.4, -0.2) is 27.2 Å². The molecule has 1 aliphatic rings. The van der Waals surface area contributed by atoms with Crippen LogP contribution in [0.5, 0.6) is 0 Å². The maximum absolute atomic E-state index is 9.57. The molecule has 0 spiro atoms. The molecule has 112 valence electrons. The Hall–Kier alpha value is -1.20.